The molecule has 0 saturated carbocycles. The molecule has 0 aromatic heterocycles. The molecule has 4 nitrogen and oxygen atoms in total. The summed E-state index contributed by atoms with van der Waals surface area (Å²) < 4.78 is 0. The van der Waals surface area contributed by atoms with Crippen LogP contribution in [0.15, 0.2) is 30.3 Å². The molecule has 0 fully saturated rings. The predicted octanol–water partition coefficient (Wildman–Crippen LogP) is 1.50. The molecule has 0 radical (unpaired) electrons. The number of carbonyl (C=O) groups excluding carboxylic acids is 2. The fourth-order valence-corrected chi connectivity index (χ4v) is 2.03. The summed E-state index contributed by atoms with van der Waals surface area (Å²) >= 11 is 1.65. The molecule has 1 rings (SSSR count). The van der Waals surface area contributed by atoms with Crippen LogP contribution in [-0.2, 0) is 10.5 Å². The van der Waals surface area contributed by atoms with Gasteiger partial charge < -0.3 is 5.73 Å². The van der Waals surface area contributed by atoms with Crippen LogP contribution in [0.1, 0.15) is 12.0 Å². The number of nitrogens with two attached hydrogens (primary N) is 1. The molecule has 3 N–H and O–H groups in total. The van der Waals surface area contributed by atoms with Gasteiger partial charge in [0.2, 0.25) is 5.91 Å². The Morgan fingerprint density at radius 1 is 1.25 bits per heavy atom. The molecule has 0 aliphatic carbocycles. The first-order valence-electron chi connectivity index (χ1n) is 4.89. The zero-order chi connectivity index (χ0) is 11.8. The van der Waals surface area contributed by atoms with Crippen LogP contribution in [0.25, 0.3) is 0 Å². The van der Waals surface area contributed by atoms with Crippen LogP contribution in [0, 0.1) is 0 Å². The van der Waals surface area contributed by atoms with Gasteiger partial charge in [0.15, 0.2) is 0 Å². The second kappa shape index (κ2) is 6.90. The highest BCUT2D eigenvalue weighted by Crippen LogP contribution is 2.12. The summed E-state index contributed by atoms with van der Waals surface area (Å²) in [6.45, 7) is 0. The van der Waals surface area contributed by atoms with Gasteiger partial charge in [0.1, 0.15) is 0 Å². The number of urea groups is 1. The van der Waals surface area contributed by atoms with E-state index in [1.54, 1.807) is 11.8 Å². The highest BCUT2D eigenvalue weighted by molar-refractivity contribution is 7.98. The Labute approximate surface area is 98.6 Å². The molecule has 0 saturated heterocycles. The number of nitrogens with one attached hydrogen (secondary N) is 1. The van der Waals surface area contributed by atoms with Crippen LogP contribution in [0.3, 0.4) is 0 Å². The first-order valence-corrected chi connectivity index (χ1v) is 6.05. The summed E-state index contributed by atoms with van der Waals surface area (Å²) in [7, 11) is 0. The van der Waals surface area contributed by atoms with Crippen LogP contribution in [-0.4, -0.2) is 17.7 Å². The van der Waals surface area contributed by atoms with Gasteiger partial charge in [0, 0.05) is 17.9 Å². The van der Waals surface area contributed by atoms with Crippen molar-refractivity contribution in [2.24, 2.45) is 5.73 Å². The molecule has 0 unspecified atom stereocenters. The zero-order valence-electron chi connectivity index (χ0n) is 8.81. The standard InChI is InChI=1S/C11H14N2O2S/c12-11(15)13-10(14)6-7-16-8-9-4-2-1-3-5-9/h1-5H,6-8H2,(H3,12,13,14,15). The van der Waals surface area contributed by atoms with Gasteiger partial charge in [-0.2, -0.15) is 11.8 Å². The number of thioether (sulfide) groups is 1. The Kier molecular flexibility index (Phi) is 5.42. The summed E-state index contributed by atoms with van der Waals surface area (Å²) in [4.78, 5) is 21.4. The van der Waals surface area contributed by atoms with E-state index in [2.05, 4.69) is 0 Å². The number of hydrogen-bond donors (Lipinski definition) is 2. The van der Waals surface area contributed by atoms with Crippen molar-refractivity contribution in [3.8, 4) is 0 Å². The highest BCUT2D eigenvalue weighted by atomic mass is 32.2. The van der Waals surface area contributed by atoms with Gasteiger partial charge in [-0.15, -0.1) is 0 Å². The monoisotopic (exact) mass is 238 g/mol. The average Bonchev–Trinajstić information content (AvgIpc) is 2.25. The second-order valence-electron chi connectivity index (χ2n) is 3.20. The molecule has 86 valence electrons. The maximum atomic E-state index is 11.0. The van der Waals surface area contributed by atoms with Crippen molar-refractivity contribution in [3.05, 3.63) is 35.9 Å². The fourth-order valence-electron chi connectivity index (χ4n) is 1.13. The van der Waals surface area contributed by atoms with Crippen molar-refractivity contribution in [1.29, 1.82) is 0 Å². The molecule has 0 aliphatic heterocycles. The van der Waals surface area contributed by atoms with Crippen molar-refractivity contribution >= 4 is 23.7 Å². The van der Waals surface area contributed by atoms with Crippen molar-refractivity contribution < 1.29 is 9.59 Å². The van der Waals surface area contributed by atoms with Gasteiger partial charge in [0.05, 0.1) is 0 Å². The molecule has 0 heterocycles. The van der Waals surface area contributed by atoms with Crippen molar-refractivity contribution in [3.63, 3.8) is 0 Å². The fraction of sp³-hybridized carbons (Fsp3) is 0.273. The minimum Gasteiger partial charge on any atom is -0.351 e. The molecule has 0 atom stereocenters. The lowest BCUT2D eigenvalue weighted by atomic mass is 10.2. The molecule has 3 amide bonds. The third kappa shape index (κ3) is 5.41. The van der Waals surface area contributed by atoms with E-state index in [4.69, 9.17) is 5.73 Å². The van der Waals surface area contributed by atoms with Gasteiger partial charge in [0.25, 0.3) is 0 Å². The van der Waals surface area contributed by atoms with E-state index in [0.717, 1.165) is 5.75 Å². The molecule has 0 aliphatic rings. The maximum absolute atomic E-state index is 11.0. The second-order valence-corrected chi connectivity index (χ2v) is 4.31. The average molecular weight is 238 g/mol. The maximum Gasteiger partial charge on any atom is 0.318 e. The summed E-state index contributed by atoms with van der Waals surface area (Å²) in [6.07, 6.45) is 0.306. The Bertz CT molecular complexity index is 354. The van der Waals surface area contributed by atoms with Crippen molar-refractivity contribution in [2.75, 3.05) is 5.75 Å². The predicted molar refractivity (Wildman–Crippen MR) is 64.9 cm³/mol. The number of amides is 3. The van der Waals surface area contributed by atoms with Gasteiger partial charge >= 0.3 is 6.03 Å². The summed E-state index contributed by atoms with van der Waals surface area (Å²) in [5.74, 6) is 1.21. The Hall–Kier alpha value is -1.49. The number of hydrogen-bond acceptors (Lipinski definition) is 3. The third-order valence-corrected chi connectivity index (χ3v) is 2.88. The van der Waals surface area contributed by atoms with E-state index in [1.807, 2.05) is 35.6 Å². The number of benzene rings is 1. The van der Waals surface area contributed by atoms with Crippen LogP contribution in [0.4, 0.5) is 4.79 Å². The third-order valence-electron chi connectivity index (χ3n) is 1.85. The molecule has 16 heavy (non-hydrogen) atoms. The minimum atomic E-state index is -0.793. The minimum absolute atomic E-state index is 0.306. The molecule has 1 aromatic rings. The van der Waals surface area contributed by atoms with E-state index < -0.39 is 6.03 Å². The molecule has 0 bridgehead atoms. The molecular weight excluding hydrogens is 224 g/mol. The van der Waals surface area contributed by atoms with Gasteiger partial charge in [-0.05, 0) is 5.56 Å². The summed E-state index contributed by atoms with van der Waals surface area (Å²) in [5.41, 5.74) is 6.04. The lowest BCUT2D eigenvalue weighted by molar-refractivity contribution is -0.119. The van der Waals surface area contributed by atoms with E-state index in [9.17, 15) is 9.59 Å². The topological polar surface area (TPSA) is 72.2 Å². The number of primary amides is 1. The molecular formula is C11H14N2O2S. The number of imide groups is 1. The summed E-state index contributed by atoms with van der Waals surface area (Å²) in [5, 5.41) is 2.03. The molecule has 1 aromatic carbocycles. The van der Waals surface area contributed by atoms with Crippen LogP contribution in [0.2, 0.25) is 0 Å². The van der Waals surface area contributed by atoms with Gasteiger partial charge in [-0.3, -0.25) is 10.1 Å². The normalized spacial score (nSPS) is 9.75. The van der Waals surface area contributed by atoms with Gasteiger partial charge in [-0.25, -0.2) is 4.79 Å². The number of carbonyl (C=O) groups is 2. The van der Waals surface area contributed by atoms with Crippen LogP contribution < -0.4 is 11.1 Å². The quantitative estimate of drug-likeness (QED) is 0.764. The molecule has 5 heteroatoms. The van der Waals surface area contributed by atoms with E-state index in [-0.39, 0.29) is 5.91 Å². The number of rotatable bonds is 5. The highest BCUT2D eigenvalue weighted by Gasteiger charge is 2.03. The van der Waals surface area contributed by atoms with E-state index >= 15 is 0 Å². The Morgan fingerprint density at radius 2 is 1.94 bits per heavy atom. The Balaban J connectivity index is 2.13. The SMILES string of the molecule is NC(=O)NC(=O)CCSCc1ccccc1. The Morgan fingerprint density at radius 3 is 2.56 bits per heavy atom. The smallest absolute Gasteiger partial charge is 0.318 e. The molecule has 0 spiro atoms. The first kappa shape index (κ1) is 12.6. The van der Waals surface area contributed by atoms with E-state index in [1.165, 1.54) is 5.56 Å². The van der Waals surface area contributed by atoms with E-state index in [0.29, 0.717) is 12.2 Å². The van der Waals surface area contributed by atoms with Crippen molar-refractivity contribution in [1.82, 2.24) is 5.32 Å². The van der Waals surface area contributed by atoms with Crippen LogP contribution in [0.5, 0.6) is 0 Å². The lowest BCUT2D eigenvalue weighted by Gasteiger charge is -2.01. The summed E-state index contributed by atoms with van der Waals surface area (Å²) in [6, 6.07) is 9.21. The van der Waals surface area contributed by atoms with Crippen molar-refractivity contribution in [2.45, 2.75) is 12.2 Å². The van der Waals surface area contributed by atoms with Gasteiger partial charge in [-0.1, -0.05) is 30.3 Å². The van der Waals surface area contributed by atoms with Crippen LogP contribution >= 0.6 is 11.8 Å². The lowest BCUT2D eigenvalue weighted by Crippen LogP contribution is -2.35. The zero-order valence-corrected chi connectivity index (χ0v) is 9.63. The first-order chi connectivity index (χ1) is 7.68. The largest absolute Gasteiger partial charge is 0.351 e.